The van der Waals surface area contributed by atoms with E-state index in [-0.39, 0.29) is 28.9 Å². The quantitative estimate of drug-likeness (QED) is 0.576. The fourth-order valence-electron chi connectivity index (χ4n) is 2.12. The van der Waals surface area contributed by atoms with Crippen LogP contribution in [0.5, 0.6) is 11.5 Å². The van der Waals surface area contributed by atoms with Gasteiger partial charge in [0.15, 0.2) is 17.3 Å². The average molecular weight is 336 g/mol. The number of hydrogen-bond acceptors (Lipinski definition) is 8. The lowest BCUT2D eigenvalue weighted by Gasteiger charge is -2.10. The van der Waals surface area contributed by atoms with Crippen LogP contribution in [0.15, 0.2) is 16.7 Å². The lowest BCUT2D eigenvalue weighted by molar-refractivity contribution is -0.384. The van der Waals surface area contributed by atoms with Crippen molar-refractivity contribution in [3.63, 3.8) is 0 Å². The number of nitrogens with one attached hydrogen (secondary N) is 1. The molecule has 1 atom stereocenters. The molecule has 0 amide bonds. The molecule has 0 aliphatic heterocycles. The molecule has 130 valence electrons. The Kier molecular flexibility index (Phi) is 5.69. The summed E-state index contributed by atoms with van der Waals surface area (Å²) < 4.78 is 15.8. The summed E-state index contributed by atoms with van der Waals surface area (Å²) in [5, 5.41) is 18.3. The monoisotopic (exact) mass is 336 g/mol. The number of likely N-dealkylation sites (N-methyl/N-ethyl adjacent to an activating group) is 1. The first-order valence-corrected chi connectivity index (χ1v) is 7.49. The van der Waals surface area contributed by atoms with Crippen LogP contribution in [0.1, 0.15) is 19.7 Å². The molecule has 1 aromatic heterocycles. The van der Waals surface area contributed by atoms with Crippen LogP contribution >= 0.6 is 0 Å². The standard InChI is InChI=1S/C15H20N4O5/c1-5-23-13-7-10(11(19(20)21)8-12(13)22-4)15-17-14(18-24-15)6-9(2)16-3/h7-9,16H,5-6H2,1-4H3. The van der Waals surface area contributed by atoms with Crippen LogP contribution in [-0.4, -0.2) is 41.9 Å². The Labute approximate surface area is 139 Å². The van der Waals surface area contributed by atoms with Gasteiger partial charge in [-0.05, 0) is 20.9 Å². The summed E-state index contributed by atoms with van der Waals surface area (Å²) in [6.07, 6.45) is 0.544. The predicted octanol–water partition coefficient (Wildman–Crippen LogP) is 2.20. The predicted molar refractivity (Wildman–Crippen MR) is 86.3 cm³/mol. The molecule has 2 rings (SSSR count). The molecule has 24 heavy (non-hydrogen) atoms. The van der Waals surface area contributed by atoms with Crippen molar-refractivity contribution in [1.29, 1.82) is 0 Å². The van der Waals surface area contributed by atoms with Crippen LogP contribution in [0.4, 0.5) is 5.69 Å². The maximum Gasteiger partial charge on any atom is 0.286 e. The van der Waals surface area contributed by atoms with Crippen LogP contribution < -0.4 is 14.8 Å². The van der Waals surface area contributed by atoms with Crippen LogP contribution in [0.25, 0.3) is 11.5 Å². The fourth-order valence-corrected chi connectivity index (χ4v) is 2.12. The SMILES string of the molecule is CCOc1cc(-c2nc(CC(C)NC)no2)c([N+](=O)[O-])cc1OC. The summed E-state index contributed by atoms with van der Waals surface area (Å²) in [7, 11) is 3.25. The van der Waals surface area contributed by atoms with Crippen molar-refractivity contribution in [2.45, 2.75) is 26.3 Å². The topological polar surface area (TPSA) is 113 Å². The molecule has 0 spiro atoms. The molecule has 0 saturated heterocycles. The Morgan fingerprint density at radius 1 is 1.42 bits per heavy atom. The minimum Gasteiger partial charge on any atom is -0.493 e. The largest absolute Gasteiger partial charge is 0.493 e. The first kappa shape index (κ1) is 17.7. The number of nitro benzene ring substituents is 1. The fraction of sp³-hybridized carbons (Fsp3) is 0.467. The maximum atomic E-state index is 11.4. The molecule has 0 fully saturated rings. The zero-order valence-corrected chi connectivity index (χ0v) is 14.0. The normalized spacial score (nSPS) is 12.0. The van der Waals surface area contributed by atoms with E-state index in [1.807, 2.05) is 20.9 Å². The second-order valence-corrected chi connectivity index (χ2v) is 5.12. The van der Waals surface area contributed by atoms with Crippen molar-refractivity contribution in [3.8, 4) is 23.0 Å². The minimum atomic E-state index is -0.520. The average Bonchev–Trinajstić information content (AvgIpc) is 3.02. The van der Waals surface area contributed by atoms with Gasteiger partial charge in [-0.2, -0.15) is 4.98 Å². The number of nitro groups is 1. The van der Waals surface area contributed by atoms with E-state index in [2.05, 4.69) is 15.5 Å². The number of rotatable bonds is 8. The highest BCUT2D eigenvalue weighted by atomic mass is 16.6. The lowest BCUT2D eigenvalue weighted by Crippen LogP contribution is -2.24. The van der Waals surface area contributed by atoms with Crippen molar-refractivity contribution in [3.05, 3.63) is 28.1 Å². The smallest absolute Gasteiger partial charge is 0.286 e. The maximum absolute atomic E-state index is 11.4. The molecule has 9 nitrogen and oxygen atoms in total. The van der Waals surface area contributed by atoms with Gasteiger partial charge in [0.2, 0.25) is 0 Å². The van der Waals surface area contributed by atoms with E-state index >= 15 is 0 Å². The first-order chi connectivity index (χ1) is 11.5. The summed E-state index contributed by atoms with van der Waals surface area (Å²) in [6.45, 7) is 4.17. The lowest BCUT2D eigenvalue weighted by atomic mass is 10.1. The van der Waals surface area contributed by atoms with Gasteiger partial charge in [-0.15, -0.1) is 0 Å². The summed E-state index contributed by atoms with van der Waals surface area (Å²) in [4.78, 5) is 15.1. The summed E-state index contributed by atoms with van der Waals surface area (Å²) in [5.41, 5.74) is 0.00674. The number of ether oxygens (including phenoxy) is 2. The van der Waals surface area contributed by atoms with Crippen molar-refractivity contribution < 1.29 is 18.9 Å². The van der Waals surface area contributed by atoms with Gasteiger partial charge in [-0.1, -0.05) is 5.16 Å². The molecule has 0 aliphatic rings. The van der Waals surface area contributed by atoms with E-state index in [0.717, 1.165) is 0 Å². The zero-order chi connectivity index (χ0) is 17.7. The molecule has 2 aromatic rings. The third kappa shape index (κ3) is 3.80. The number of methoxy groups -OCH3 is 1. The third-order valence-electron chi connectivity index (χ3n) is 3.46. The van der Waals surface area contributed by atoms with E-state index < -0.39 is 4.92 Å². The van der Waals surface area contributed by atoms with Crippen molar-refractivity contribution in [1.82, 2.24) is 15.5 Å². The van der Waals surface area contributed by atoms with Crippen molar-refractivity contribution >= 4 is 5.69 Å². The van der Waals surface area contributed by atoms with Gasteiger partial charge < -0.3 is 19.3 Å². The highest BCUT2D eigenvalue weighted by molar-refractivity contribution is 5.72. The molecule has 1 N–H and O–H groups in total. The summed E-state index contributed by atoms with van der Waals surface area (Å²) in [5.74, 6) is 1.19. The van der Waals surface area contributed by atoms with Crippen LogP contribution in [0.3, 0.4) is 0 Å². The Morgan fingerprint density at radius 3 is 2.75 bits per heavy atom. The first-order valence-electron chi connectivity index (χ1n) is 7.49. The van der Waals surface area contributed by atoms with Gasteiger partial charge in [-0.25, -0.2) is 0 Å². The number of nitrogens with zero attached hydrogens (tertiary/aromatic N) is 3. The zero-order valence-electron chi connectivity index (χ0n) is 14.0. The van der Waals surface area contributed by atoms with Crippen molar-refractivity contribution in [2.75, 3.05) is 20.8 Å². The van der Waals surface area contributed by atoms with E-state index in [9.17, 15) is 10.1 Å². The van der Waals surface area contributed by atoms with Crippen molar-refractivity contribution in [2.24, 2.45) is 0 Å². The number of benzene rings is 1. The van der Waals surface area contributed by atoms with Crippen LogP contribution in [-0.2, 0) is 6.42 Å². The van der Waals surface area contributed by atoms with Crippen LogP contribution in [0.2, 0.25) is 0 Å². The van der Waals surface area contributed by atoms with Crippen LogP contribution in [0, 0.1) is 10.1 Å². The summed E-state index contributed by atoms with van der Waals surface area (Å²) in [6, 6.07) is 2.93. The van der Waals surface area contributed by atoms with E-state index in [0.29, 0.717) is 24.6 Å². The molecule has 1 heterocycles. The Balaban J connectivity index is 2.47. The van der Waals surface area contributed by atoms with Gasteiger partial charge in [0.1, 0.15) is 5.56 Å². The van der Waals surface area contributed by atoms with Gasteiger partial charge in [0.25, 0.3) is 11.6 Å². The molecular weight excluding hydrogens is 316 g/mol. The third-order valence-corrected chi connectivity index (χ3v) is 3.46. The molecule has 0 radical (unpaired) electrons. The van der Waals surface area contributed by atoms with Gasteiger partial charge in [0, 0.05) is 18.5 Å². The highest BCUT2D eigenvalue weighted by Gasteiger charge is 2.25. The van der Waals surface area contributed by atoms with E-state index in [1.54, 1.807) is 0 Å². The molecule has 0 bridgehead atoms. The van der Waals surface area contributed by atoms with E-state index in [4.69, 9.17) is 14.0 Å². The van der Waals surface area contributed by atoms with Gasteiger partial charge in [0.05, 0.1) is 24.7 Å². The number of aromatic nitrogens is 2. The Morgan fingerprint density at radius 2 is 2.17 bits per heavy atom. The van der Waals surface area contributed by atoms with Gasteiger partial charge in [-0.3, -0.25) is 10.1 Å². The molecule has 1 aromatic carbocycles. The molecule has 1 unspecified atom stereocenters. The Bertz CT molecular complexity index is 716. The molecule has 0 aliphatic carbocycles. The molecular formula is C15H20N4O5. The highest BCUT2D eigenvalue weighted by Crippen LogP contribution is 2.39. The molecule has 0 saturated carbocycles. The minimum absolute atomic E-state index is 0.0728. The Hall–Kier alpha value is -2.68. The summed E-state index contributed by atoms with van der Waals surface area (Å²) >= 11 is 0. The van der Waals surface area contributed by atoms with Gasteiger partial charge >= 0.3 is 0 Å². The second kappa shape index (κ2) is 7.73. The molecule has 9 heteroatoms. The van der Waals surface area contributed by atoms with E-state index in [1.165, 1.54) is 19.2 Å². The number of hydrogen-bond donors (Lipinski definition) is 1. The second-order valence-electron chi connectivity index (χ2n) is 5.12.